The molecule has 0 aliphatic rings. The number of nitrogens with zero attached hydrogens (tertiary/aromatic N) is 2. The van der Waals surface area contributed by atoms with E-state index in [0.717, 1.165) is 17.4 Å². The molecule has 3 rings (SSSR count). The van der Waals surface area contributed by atoms with Gasteiger partial charge in [0.2, 0.25) is 0 Å². The molecule has 0 radical (unpaired) electrons. The Morgan fingerprint density at radius 1 is 1.00 bits per heavy atom. The molecule has 0 unspecified atom stereocenters. The van der Waals surface area contributed by atoms with Gasteiger partial charge in [0.25, 0.3) is 0 Å². The number of anilines is 1. The second-order valence-electron chi connectivity index (χ2n) is 4.57. The van der Waals surface area contributed by atoms with Crippen LogP contribution in [0.15, 0.2) is 60.9 Å². The van der Waals surface area contributed by atoms with Gasteiger partial charge in [-0.1, -0.05) is 18.2 Å². The molecular formula is C16H13F2N3. The van der Waals surface area contributed by atoms with Gasteiger partial charge in [0.05, 0.1) is 11.4 Å². The van der Waals surface area contributed by atoms with Crippen LogP contribution in [-0.2, 0) is 6.54 Å². The first-order valence-corrected chi connectivity index (χ1v) is 6.51. The zero-order valence-corrected chi connectivity index (χ0v) is 11.1. The minimum Gasteiger partial charge on any atom is -0.379 e. The average molecular weight is 285 g/mol. The summed E-state index contributed by atoms with van der Waals surface area (Å²) in [6.07, 6.45) is 3.55. The zero-order valence-electron chi connectivity index (χ0n) is 11.1. The summed E-state index contributed by atoms with van der Waals surface area (Å²) in [5, 5.41) is 7.41. The Labute approximate surface area is 120 Å². The lowest BCUT2D eigenvalue weighted by atomic mass is 10.2. The fourth-order valence-corrected chi connectivity index (χ4v) is 2.08. The third kappa shape index (κ3) is 2.91. The third-order valence-corrected chi connectivity index (χ3v) is 3.12. The summed E-state index contributed by atoms with van der Waals surface area (Å²) in [6.45, 7) is 0.398. The molecule has 0 aliphatic carbocycles. The van der Waals surface area contributed by atoms with E-state index in [1.165, 1.54) is 6.07 Å². The van der Waals surface area contributed by atoms with Crippen molar-refractivity contribution in [2.45, 2.75) is 6.54 Å². The van der Waals surface area contributed by atoms with E-state index in [0.29, 0.717) is 12.1 Å². The highest BCUT2D eigenvalue weighted by Gasteiger charge is 2.05. The normalized spacial score (nSPS) is 10.6. The molecule has 0 bridgehead atoms. The van der Waals surface area contributed by atoms with E-state index in [2.05, 4.69) is 10.4 Å². The first-order valence-electron chi connectivity index (χ1n) is 6.51. The van der Waals surface area contributed by atoms with Crippen LogP contribution in [0.4, 0.5) is 14.5 Å². The highest BCUT2D eigenvalue weighted by Crippen LogP contribution is 2.20. The van der Waals surface area contributed by atoms with Crippen LogP contribution in [0.2, 0.25) is 0 Å². The molecule has 1 aromatic heterocycles. The monoisotopic (exact) mass is 285 g/mol. The number of halogens is 2. The second kappa shape index (κ2) is 5.75. The minimum atomic E-state index is -0.838. The van der Waals surface area contributed by atoms with Gasteiger partial charge in [0, 0.05) is 18.9 Å². The van der Waals surface area contributed by atoms with Gasteiger partial charge in [-0.3, -0.25) is 0 Å². The summed E-state index contributed by atoms with van der Waals surface area (Å²) in [5.41, 5.74) is 2.43. The van der Waals surface area contributed by atoms with Crippen molar-refractivity contribution in [3.63, 3.8) is 0 Å². The quantitative estimate of drug-likeness (QED) is 0.791. The predicted molar refractivity (Wildman–Crippen MR) is 77.2 cm³/mol. The summed E-state index contributed by atoms with van der Waals surface area (Å²) in [6, 6.07) is 13.4. The summed E-state index contributed by atoms with van der Waals surface area (Å²) >= 11 is 0. The fraction of sp³-hybridized carbons (Fsp3) is 0.0625. The van der Waals surface area contributed by atoms with E-state index in [1.54, 1.807) is 16.9 Å². The van der Waals surface area contributed by atoms with E-state index < -0.39 is 11.6 Å². The maximum absolute atomic E-state index is 13.2. The van der Waals surface area contributed by atoms with Crippen LogP contribution in [0.3, 0.4) is 0 Å². The van der Waals surface area contributed by atoms with Crippen molar-refractivity contribution in [2.75, 3.05) is 5.32 Å². The summed E-state index contributed by atoms with van der Waals surface area (Å²) in [5.74, 6) is -1.68. The highest BCUT2D eigenvalue weighted by molar-refractivity contribution is 5.60. The topological polar surface area (TPSA) is 29.9 Å². The Morgan fingerprint density at radius 3 is 2.62 bits per heavy atom. The highest BCUT2D eigenvalue weighted by atomic mass is 19.2. The van der Waals surface area contributed by atoms with Gasteiger partial charge >= 0.3 is 0 Å². The maximum atomic E-state index is 13.2. The summed E-state index contributed by atoms with van der Waals surface area (Å²) in [4.78, 5) is 0. The lowest BCUT2D eigenvalue weighted by Crippen LogP contribution is -2.05. The molecule has 3 aromatic rings. The van der Waals surface area contributed by atoms with Crippen molar-refractivity contribution in [3.8, 4) is 5.69 Å². The van der Waals surface area contributed by atoms with E-state index >= 15 is 0 Å². The maximum Gasteiger partial charge on any atom is 0.159 e. The smallest absolute Gasteiger partial charge is 0.159 e. The van der Waals surface area contributed by atoms with Gasteiger partial charge < -0.3 is 5.32 Å². The first-order chi connectivity index (χ1) is 10.2. The van der Waals surface area contributed by atoms with Crippen LogP contribution < -0.4 is 5.32 Å². The van der Waals surface area contributed by atoms with Crippen molar-refractivity contribution in [1.82, 2.24) is 9.78 Å². The van der Waals surface area contributed by atoms with Crippen molar-refractivity contribution in [2.24, 2.45) is 0 Å². The van der Waals surface area contributed by atoms with Crippen LogP contribution in [0.25, 0.3) is 5.69 Å². The van der Waals surface area contributed by atoms with Crippen molar-refractivity contribution in [1.29, 1.82) is 0 Å². The molecule has 3 nitrogen and oxygen atoms in total. The number of benzene rings is 2. The van der Waals surface area contributed by atoms with Gasteiger partial charge in [0.15, 0.2) is 11.6 Å². The molecule has 2 aromatic carbocycles. The molecular weight excluding hydrogens is 272 g/mol. The first kappa shape index (κ1) is 13.3. The predicted octanol–water partition coefficient (Wildman–Crippen LogP) is 3.76. The average Bonchev–Trinajstić information content (AvgIpc) is 3.03. The van der Waals surface area contributed by atoms with Gasteiger partial charge in [-0.2, -0.15) is 5.10 Å². The van der Waals surface area contributed by atoms with Gasteiger partial charge in [-0.25, -0.2) is 13.5 Å². The van der Waals surface area contributed by atoms with Crippen LogP contribution in [-0.4, -0.2) is 9.78 Å². The molecule has 0 atom stereocenters. The van der Waals surface area contributed by atoms with Crippen molar-refractivity contribution >= 4 is 5.69 Å². The molecule has 0 saturated carbocycles. The summed E-state index contributed by atoms with van der Waals surface area (Å²) in [7, 11) is 0. The van der Waals surface area contributed by atoms with Gasteiger partial charge in [-0.05, 0) is 35.9 Å². The van der Waals surface area contributed by atoms with E-state index in [1.807, 2.05) is 36.5 Å². The number of aromatic nitrogens is 2. The van der Waals surface area contributed by atoms with Crippen molar-refractivity contribution in [3.05, 3.63) is 78.1 Å². The molecule has 5 heteroatoms. The summed E-state index contributed by atoms with van der Waals surface area (Å²) < 4.78 is 27.8. The molecule has 106 valence electrons. The van der Waals surface area contributed by atoms with Crippen LogP contribution in [0.5, 0.6) is 0 Å². The Morgan fingerprint density at radius 2 is 1.86 bits per heavy atom. The number of hydrogen-bond acceptors (Lipinski definition) is 2. The van der Waals surface area contributed by atoms with E-state index in [9.17, 15) is 8.78 Å². The number of rotatable bonds is 4. The lowest BCUT2D eigenvalue weighted by Gasteiger charge is -2.12. The molecule has 1 N–H and O–H groups in total. The Kier molecular flexibility index (Phi) is 3.64. The second-order valence-corrected chi connectivity index (χ2v) is 4.57. The van der Waals surface area contributed by atoms with Crippen molar-refractivity contribution < 1.29 is 8.78 Å². The molecule has 0 fully saturated rings. The minimum absolute atomic E-state index is 0.398. The van der Waals surface area contributed by atoms with E-state index in [-0.39, 0.29) is 0 Å². The SMILES string of the molecule is Fc1ccc(CNc2ccccc2-n2cccn2)cc1F. The van der Waals surface area contributed by atoms with Crippen LogP contribution in [0.1, 0.15) is 5.56 Å². The Hall–Kier alpha value is -2.69. The zero-order chi connectivity index (χ0) is 14.7. The molecule has 1 heterocycles. The largest absolute Gasteiger partial charge is 0.379 e. The van der Waals surface area contributed by atoms with Crippen LogP contribution in [0, 0.1) is 11.6 Å². The third-order valence-electron chi connectivity index (χ3n) is 3.12. The Bertz CT molecular complexity index is 739. The van der Waals surface area contributed by atoms with Gasteiger partial charge in [-0.15, -0.1) is 0 Å². The molecule has 0 saturated heterocycles. The van der Waals surface area contributed by atoms with Crippen LogP contribution >= 0.6 is 0 Å². The molecule has 0 aliphatic heterocycles. The standard InChI is InChI=1S/C16H13F2N3/c17-13-7-6-12(10-14(13)18)11-19-15-4-1-2-5-16(15)21-9-3-8-20-21/h1-10,19H,11H2. The lowest BCUT2D eigenvalue weighted by molar-refractivity contribution is 0.507. The van der Waals surface area contributed by atoms with Gasteiger partial charge in [0.1, 0.15) is 0 Å². The number of para-hydroxylation sites is 2. The van der Waals surface area contributed by atoms with E-state index in [4.69, 9.17) is 0 Å². The number of nitrogens with one attached hydrogen (secondary N) is 1. The Balaban J connectivity index is 1.81. The molecule has 21 heavy (non-hydrogen) atoms. The number of hydrogen-bond donors (Lipinski definition) is 1. The fourth-order valence-electron chi connectivity index (χ4n) is 2.08. The molecule has 0 spiro atoms. The molecule has 0 amide bonds.